The van der Waals surface area contributed by atoms with E-state index in [1.807, 2.05) is 24.3 Å². The second-order valence-corrected chi connectivity index (χ2v) is 7.52. The predicted molar refractivity (Wildman–Crippen MR) is 113 cm³/mol. The monoisotopic (exact) mass is 464 g/mol. The molecule has 5 rings (SSSR count). The zero-order valence-corrected chi connectivity index (χ0v) is 17.0. The summed E-state index contributed by atoms with van der Waals surface area (Å²) >= 11 is 3.38. The van der Waals surface area contributed by atoms with Crippen molar-refractivity contribution < 1.29 is 23.4 Å². The fourth-order valence-corrected chi connectivity index (χ4v) is 3.45. The first-order valence-corrected chi connectivity index (χ1v) is 9.81. The van der Waals surface area contributed by atoms with Crippen molar-refractivity contribution in [1.29, 1.82) is 0 Å². The van der Waals surface area contributed by atoms with Gasteiger partial charge in [0.2, 0.25) is 6.79 Å². The van der Waals surface area contributed by atoms with Gasteiger partial charge < -0.3 is 18.6 Å². The third kappa shape index (κ3) is 3.33. The normalized spacial score (nSPS) is 12.2. The Morgan fingerprint density at radius 1 is 0.933 bits per heavy atom. The standard InChI is InChI=1S/C23H13BrO6/c24-15-4-1-13(2-5-15)18-11-27-20-10-16(6-7-17(20)22(18)25)30-23(26)14-3-8-19-21(9-14)29-12-28-19/h1-11H,12H2. The summed E-state index contributed by atoms with van der Waals surface area (Å²) in [5, 5.41) is 0.401. The second-order valence-electron chi connectivity index (χ2n) is 6.60. The summed E-state index contributed by atoms with van der Waals surface area (Å²) in [4.78, 5) is 25.3. The van der Waals surface area contributed by atoms with Gasteiger partial charge in [-0.1, -0.05) is 28.1 Å². The van der Waals surface area contributed by atoms with E-state index in [1.165, 1.54) is 12.3 Å². The van der Waals surface area contributed by atoms with Gasteiger partial charge in [-0.05, 0) is 48.0 Å². The number of ether oxygens (including phenoxy) is 3. The first kappa shape index (κ1) is 18.4. The van der Waals surface area contributed by atoms with E-state index in [2.05, 4.69) is 15.9 Å². The summed E-state index contributed by atoms with van der Waals surface area (Å²) in [7, 11) is 0. The van der Waals surface area contributed by atoms with Gasteiger partial charge in [-0.25, -0.2) is 4.79 Å². The molecule has 0 bridgehead atoms. The van der Waals surface area contributed by atoms with Crippen LogP contribution in [0.2, 0.25) is 0 Å². The van der Waals surface area contributed by atoms with Crippen molar-refractivity contribution in [2.75, 3.05) is 6.79 Å². The van der Waals surface area contributed by atoms with Crippen molar-refractivity contribution in [3.8, 4) is 28.4 Å². The Morgan fingerprint density at radius 3 is 2.57 bits per heavy atom. The van der Waals surface area contributed by atoms with Crippen LogP contribution < -0.4 is 19.6 Å². The van der Waals surface area contributed by atoms with Crippen molar-refractivity contribution in [1.82, 2.24) is 0 Å². The van der Waals surface area contributed by atoms with Gasteiger partial charge in [0, 0.05) is 10.5 Å². The lowest BCUT2D eigenvalue weighted by Gasteiger charge is -2.07. The molecule has 0 atom stereocenters. The summed E-state index contributed by atoms with van der Waals surface area (Å²) in [6, 6.07) is 16.9. The molecule has 0 amide bonds. The molecule has 6 nitrogen and oxygen atoms in total. The predicted octanol–water partition coefficient (Wildman–Crippen LogP) is 5.17. The average Bonchev–Trinajstić information content (AvgIpc) is 3.23. The largest absolute Gasteiger partial charge is 0.463 e. The van der Waals surface area contributed by atoms with Gasteiger partial charge in [0.1, 0.15) is 17.6 Å². The lowest BCUT2D eigenvalue weighted by molar-refractivity contribution is 0.0734. The molecule has 1 aliphatic rings. The topological polar surface area (TPSA) is 75.0 Å². The van der Waals surface area contributed by atoms with Gasteiger partial charge in [0.05, 0.1) is 16.5 Å². The zero-order valence-electron chi connectivity index (χ0n) is 15.4. The van der Waals surface area contributed by atoms with Crippen molar-refractivity contribution >= 4 is 32.9 Å². The van der Waals surface area contributed by atoms with Crippen LogP contribution in [0.4, 0.5) is 0 Å². The van der Waals surface area contributed by atoms with Gasteiger partial charge in [-0.15, -0.1) is 0 Å². The van der Waals surface area contributed by atoms with Crippen molar-refractivity contribution in [3.63, 3.8) is 0 Å². The van der Waals surface area contributed by atoms with Crippen LogP contribution in [-0.2, 0) is 0 Å². The number of fused-ring (bicyclic) bond motifs is 2. The Labute approximate surface area is 178 Å². The minimum atomic E-state index is -0.554. The fourth-order valence-electron chi connectivity index (χ4n) is 3.19. The molecule has 0 N–H and O–H groups in total. The maximum Gasteiger partial charge on any atom is 0.343 e. The van der Waals surface area contributed by atoms with Crippen LogP contribution in [0.15, 0.2) is 80.6 Å². The Bertz CT molecular complexity index is 1340. The highest BCUT2D eigenvalue weighted by Crippen LogP contribution is 2.33. The van der Waals surface area contributed by atoms with Crippen LogP contribution in [0.25, 0.3) is 22.1 Å². The lowest BCUT2D eigenvalue weighted by Crippen LogP contribution is -2.09. The molecule has 1 aromatic heterocycles. The lowest BCUT2D eigenvalue weighted by atomic mass is 10.1. The van der Waals surface area contributed by atoms with Crippen LogP contribution in [0, 0.1) is 0 Å². The molecule has 0 saturated heterocycles. The van der Waals surface area contributed by atoms with Crippen LogP contribution >= 0.6 is 15.9 Å². The van der Waals surface area contributed by atoms with Crippen LogP contribution in [0.3, 0.4) is 0 Å². The Hall–Kier alpha value is -3.58. The maximum atomic E-state index is 12.9. The van der Waals surface area contributed by atoms with Crippen molar-refractivity contribution in [2.45, 2.75) is 0 Å². The SMILES string of the molecule is O=C(Oc1ccc2c(=O)c(-c3ccc(Br)cc3)coc2c1)c1ccc2c(c1)OCO2. The molecule has 0 spiro atoms. The van der Waals surface area contributed by atoms with Crippen molar-refractivity contribution in [2.24, 2.45) is 0 Å². The molecule has 7 heteroatoms. The molecule has 0 unspecified atom stereocenters. The van der Waals surface area contributed by atoms with Gasteiger partial charge in [-0.3, -0.25) is 4.79 Å². The molecular weight excluding hydrogens is 452 g/mol. The molecular formula is C23H13BrO6. The molecule has 0 fully saturated rings. The number of halogens is 1. The second kappa shape index (κ2) is 7.35. The van der Waals surface area contributed by atoms with E-state index in [0.717, 1.165) is 10.0 Å². The zero-order chi connectivity index (χ0) is 20.7. The van der Waals surface area contributed by atoms with Gasteiger partial charge in [0.25, 0.3) is 0 Å². The van der Waals surface area contributed by atoms with E-state index in [9.17, 15) is 9.59 Å². The molecule has 1 aliphatic heterocycles. The third-order valence-corrected chi connectivity index (χ3v) is 5.25. The first-order chi connectivity index (χ1) is 14.6. The minimum Gasteiger partial charge on any atom is -0.463 e. The molecule has 30 heavy (non-hydrogen) atoms. The summed E-state index contributed by atoms with van der Waals surface area (Å²) in [6.07, 6.45) is 1.41. The van der Waals surface area contributed by atoms with E-state index in [0.29, 0.717) is 33.6 Å². The van der Waals surface area contributed by atoms with Crippen LogP contribution in [0.5, 0.6) is 17.2 Å². The van der Waals surface area contributed by atoms with Crippen molar-refractivity contribution in [3.05, 3.63) is 87.2 Å². The van der Waals surface area contributed by atoms with E-state index in [4.69, 9.17) is 18.6 Å². The minimum absolute atomic E-state index is 0.125. The number of esters is 1. The average molecular weight is 465 g/mol. The highest BCUT2D eigenvalue weighted by molar-refractivity contribution is 9.10. The first-order valence-electron chi connectivity index (χ1n) is 9.02. The maximum absolute atomic E-state index is 12.9. The Morgan fingerprint density at radius 2 is 1.73 bits per heavy atom. The fraction of sp³-hybridized carbons (Fsp3) is 0.0435. The molecule has 0 radical (unpaired) electrons. The number of benzene rings is 3. The quantitative estimate of drug-likeness (QED) is 0.307. The molecule has 3 aromatic carbocycles. The number of carbonyl (C=O) groups is 1. The highest BCUT2D eigenvalue weighted by atomic mass is 79.9. The van der Waals surface area contributed by atoms with Gasteiger partial charge >= 0.3 is 5.97 Å². The summed E-state index contributed by atoms with van der Waals surface area (Å²) in [5.74, 6) is 0.793. The number of carbonyl (C=O) groups excluding carboxylic acids is 1. The van der Waals surface area contributed by atoms with E-state index >= 15 is 0 Å². The Balaban J connectivity index is 1.44. The van der Waals surface area contributed by atoms with Gasteiger partial charge in [-0.2, -0.15) is 0 Å². The van der Waals surface area contributed by atoms with Crippen LogP contribution in [0.1, 0.15) is 10.4 Å². The number of hydrogen-bond donors (Lipinski definition) is 0. The van der Waals surface area contributed by atoms with E-state index in [1.54, 1.807) is 30.3 Å². The Kier molecular flexibility index (Phi) is 4.52. The molecule has 0 aliphatic carbocycles. The third-order valence-electron chi connectivity index (χ3n) is 4.72. The van der Waals surface area contributed by atoms with Gasteiger partial charge in [0.15, 0.2) is 16.9 Å². The molecule has 4 aromatic rings. The molecule has 148 valence electrons. The van der Waals surface area contributed by atoms with Crippen LogP contribution in [-0.4, -0.2) is 12.8 Å². The van der Waals surface area contributed by atoms with E-state index < -0.39 is 5.97 Å². The molecule has 0 saturated carbocycles. The summed E-state index contributed by atoms with van der Waals surface area (Å²) in [5.41, 5.74) is 1.71. The molecule has 2 heterocycles. The smallest absolute Gasteiger partial charge is 0.343 e. The summed E-state index contributed by atoms with van der Waals surface area (Å²) in [6.45, 7) is 0.125. The number of hydrogen-bond acceptors (Lipinski definition) is 6. The number of rotatable bonds is 3. The van der Waals surface area contributed by atoms with E-state index in [-0.39, 0.29) is 18.0 Å². The summed E-state index contributed by atoms with van der Waals surface area (Å²) < 4.78 is 22.5. The highest BCUT2D eigenvalue weighted by Gasteiger charge is 2.18.